The number of hydrogen-bond donors (Lipinski definition) is 1. The minimum atomic E-state index is -0.347. The summed E-state index contributed by atoms with van der Waals surface area (Å²) in [6.07, 6.45) is 2.03. The summed E-state index contributed by atoms with van der Waals surface area (Å²) in [5.41, 5.74) is 3.61. The number of fused-ring (bicyclic) bond motifs is 1. The first-order valence-electron chi connectivity index (χ1n) is 6.33. The molecule has 0 radical (unpaired) electrons. The van der Waals surface area contributed by atoms with Gasteiger partial charge >= 0.3 is 0 Å². The molecule has 0 saturated carbocycles. The van der Waals surface area contributed by atoms with Crippen molar-refractivity contribution in [3.8, 4) is 11.3 Å². The van der Waals surface area contributed by atoms with Gasteiger partial charge in [0.2, 0.25) is 0 Å². The van der Waals surface area contributed by atoms with E-state index in [9.17, 15) is 9.18 Å². The van der Waals surface area contributed by atoms with E-state index in [4.69, 9.17) is 0 Å². The van der Waals surface area contributed by atoms with Crippen LogP contribution in [0.1, 0.15) is 18.2 Å². The topological polar surface area (TPSA) is 63.1 Å². The molecule has 20 heavy (non-hydrogen) atoms. The van der Waals surface area contributed by atoms with E-state index in [0.717, 1.165) is 22.3 Å². The van der Waals surface area contributed by atoms with Gasteiger partial charge in [-0.1, -0.05) is 6.92 Å². The van der Waals surface area contributed by atoms with Gasteiger partial charge in [-0.15, -0.1) is 0 Å². The van der Waals surface area contributed by atoms with Crippen LogP contribution in [0, 0.1) is 12.7 Å². The van der Waals surface area contributed by atoms with Crippen LogP contribution in [0.3, 0.4) is 0 Å². The molecule has 0 aliphatic heterocycles. The van der Waals surface area contributed by atoms with E-state index in [2.05, 4.69) is 15.3 Å². The average Bonchev–Trinajstić information content (AvgIpc) is 2.76. The lowest BCUT2D eigenvalue weighted by molar-refractivity contribution is 0.614. The van der Waals surface area contributed by atoms with Crippen LogP contribution in [0.15, 0.2) is 29.2 Å². The molecule has 102 valence electrons. The van der Waals surface area contributed by atoms with Crippen molar-refractivity contribution in [2.45, 2.75) is 20.3 Å². The summed E-state index contributed by atoms with van der Waals surface area (Å²) in [5, 5.41) is 10.9. The molecule has 0 bridgehead atoms. The van der Waals surface area contributed by atoms with Gasteiger partial charge in [0.05, 0.1) is 28.7 Å². The molecule has 0 spiro atoms. The Morgan fingerprint density at radius 3 is 2.90 bits per heavy atom. The van der Waals surface area contributed by atoms with Gasteiger partial charge in [0.25, 0.3) is 5.56 Å². The SMILES string of the molecule is CCc1nn2cc(F)ccc2c1-c1n[nH]c(=O)cc1C. The van der Waals surface area contributed by atoms with E-state index in [-0.39, 0.29) is 11.4 Å². The highest BCUT2D eigenvalue weighted by Gasteiger charge is 2.17. The molecule has 0 fully saturated rings. The number of H-pyrrole nitrogens is 1. The average molecular weight is 272 g/mol. The second kappa shape index (κ2) is 4.56. The fourth-order valence-electron chi connectivity index (χ4n) is 2.33. The van der Waals surface area contributed by atoms with Gasteiger partial charge in [0.15, 0.2) is 0 Å². The number of pyridine rings is 1. The Balaban J connectivity index is 2.36. The zero-order valence-electron chi connectivity index (χ0n) is 11.1. The summed E-state index contributed by atoms with van der Waals surface area (Å²) in [6.45, 7) is 3.80. The third-order valence-corrected chi connectivity index (χ3v) is 3.24. The number of aromatic amines is 1. The maximum Gasteiger partial charge on any atom is 0.264 e. The molecule has 0 aliphatic carbocycles. The summed E-state index contributed by atoms with van der Waals surface area (Å²) < 4.78 is 14.8. The van der Waals surface area contributed by atoms with E-state index in [1.54, 1.807) is 6.07 Å². The van der Waals surface area contributed by atoms with Crippen molar-refractivity contribution in [1.29, 1.82) is 0 Å². The summed E-state index contributed by atoms with van der Waals surface area (Å²) >= 11 is 0. The molecule has 0 atom stereocenters. The predicted octanol–water partition coefficient (Wildman–Crippen LogP) is 2.09. The van der Waals surface area contributed by atoms with Crippen LogP contribution in [-0.2, 0) is 6.42 Å². The van der Waals surface area contributed by atoms with Crippen molar-refractivity contribution in [1.82, 2.24) is 19.8 Å². The molecule has 0 unspecified atom stereocenters. The third kappa shape index (κ3) is 1.89. The van der Waals surface area contributed by atoms with E-state index in [0.29, 0.717) is 12.1 Å². The molecule has 3 rings (SSSR count). The van der Waals surface area contributed by atoms with Gasteiger partial charge in [-0.05, 0) is 31.0 Å². The van der Waals surface area contributed by atoms with Crippen molar-refractivity contribution in [2.75, 3.05) is 0 Å². The third-order valence-electron chi connectivity index (χ3n) is 3.24. The molecule has 0 aliphatic rings. The largest absolute Gasteiger partial charge is 0.268 e. The first kappa shape index (κ1) is 12.5. The highest BCUT2D eigenvalue weighted by atomic mass is 19.1. The maximum atomic E-state index is 13.3. The molecule has 3 aromatic rings. The summed E-state index contributed by atoms with van der Waals surface area (Å²) in [6, 6.07) is 4.55. The molecular weight excluding hydrogens is 259 g/mol. The monoisotopic (exact) mass is 272 g/mol. The molecular formula is C14H13FN4O. The number of aryl methyl sites for hydroxylation is 2. The molecule has 0 aromatic carbocycles. The van der Waals surface area contributed by atoms with Crippen molar-refractivity contribution in [3.63, 3.8) is 0 Å². The minimum Gasteiger partial charge on any atom is -0.268 e. The lowest BCUT2D eigenvalue weighted by Gasteiger charge is -2.04. The normalized spacial score (nSPS) is 11.2. The van der Waals surface area contributed by atoms with Crippen LogP contribution < -0.4 is 5.56 Å². The van der Waals surface area contributed by atoms with E-state index in [1.807, 2.05) is 13.8 Å². The highest BCUT2D eigenvalue weighted by Crippen LogP contribution is 2.28. The van der Waals surface area contributed by atoms with Gasteiger partial charge in [-0.25, -0.2) is 14.0 Å². The molecule has 5 nitrogen and oxygen atoms in total. The Morgan fingerprint density at radius 1 is 1.40 bits per heavy atom. The van der Waals surface area contributed by atoms with E-state index < -0.39 is 0 Å². The molecule has 3 heterocycles. The summed E-state index contributed by atoms with van der Waals surface area (Å²) in [7, 11) is 0. The van der Waals surface area contributed by atoms with Gasteiger partial charge in [-0.2, -0.15) is 10.2 Å². The van der Waals surface area contributed by atoms with Crippen molar-refractivity contribution >= 4 is 5.52 Å². The Kier molecular flexibility index (Phi) is 2.85. The summed E-state index contributed by atoms with van der Waals surface area (Å²) in [4.78, 5) is 11.3. The fourth-order valence-corrected chi connectivity index (χ4v) is 2.33. The van der Waals surface area contributed by atoms with Crippen LogP contribution in [0.2, 0.25) is 0 Å². The van der Waals surface area contributed by atoms with Gasteiger partial charge < -0.3 is 0 Å². The Bertz CT molecular complexity index is 850. The van der Waals surface area contributed by atoms with E-state index in [1.165, 1.54) is 22.8 Å². The fraction of sp³-hybridized carbons (Fsp3) is 0.214. The van der Waals surface area contributed by atoms with Gasteiger partial charge in [0.1, 0.15) is 5.82 Å². The predicted molar refractivity (Wildman–Crippen MR) is 73.1 cm³/mol. The number of rotatable bonds is 2. The van der Waals surface area contributed by atoms with Gasteiger partial charge in [0, 0.05) is 6.07 Å². The van der Waals surface area contributed by atoms with Crippen molar-refractivity contribution in [3.05, 3.63) is 51.8 Å². The lowest BCUT2D eigenvalue weighted by atomic mass is 10.0. The second-order valence-corrected chi connectivity index (χ2v) is 4.62. The van der Waals surface area contributed by atoms with Crippen LogP contribution in [-0.4, -0.2) is 19.8 Å². The van der Waals surface area contributed by atoms with Crippen LogP contribution in [0.4, 0.5) is 4.39 Å². The quantitative estimate of drug-likeness (QED) is 0.777. The van der Waals surface area contributed by atoms with Gasteiger partial charge in [-0.3, -0.25) is 4.79 Å². The zero-order chi connectivity index (χ0) is 14.3. The summed E-state index contributed by atoms with van der Waals surface area (Å²) in [5.74, 6) is -0.347. The number of hydrogen-bond acceptors (Lipinski definition) is 3. The molecule has 6 heteroatoms. The van der Waals surface area contributed by atoms with Crippen molar-refractivity contribution < 1.29 is 4.39 Å². The second-order valence-electron chi connectivity index (χ2n) is 4.62. The smallest absolute Gasteiger partial charge is 0.264 e. The Hall–Kier alpha value is -2.50. The molecule has 3 aromatic heterocycles. The number of nitrogens with one attached hydrogen (secondary N) is 1. The molecule has 1 N–H and O–H groups in total. The standard InChI is InChI=1S/C14H13FN4O/c1-3-10-13(14-8(2)6-12(20)16-17-14)11-5-4-9(15)7-19(11)18-10/h4-7H,3H2,1-2H3,(H,16,20). The number of nitrogens with zero attached hydrogens (tertiary/aromatic N) is 3. The zero-order valence-corrected chi connectivity index (χ0v) is 11.1. The van der Waals surface area contributed by atoms with E-state index >= 15 is 0 Å². The number of halogens is 1. The highest BCUT2D eigenvalue weighted by molar-refractivity contribution is 5.81. The first-order chi connectivity index (χ1) is 9.60. The maximum absolute atomic E-state index is 13.3. The molecule has 0 saturated heterocycles. The Labute approximate surface area is 114 Å². The lowest BCUT2D eigenvalue weighted by Crippen LogP contribution is -2.08. The van der Waals surface area contributed by atoms with Crippen molar-refractivity contribution in [2.24, 2.45) is 0 Å². The molecule has 0 amide bonds. The minimum absolute atomic E-state index is 0.244. The van der Waals surface area contributed by atoms with Crippen LogP contribution in [0.5, 0.6) is 0 Å². The van der Waals surface area contributed by atoms with Crippen LogP contribution in [0.25, 0.3) is 16.8 Å². The first-order valence-corrected chi connectivity index (χ1v) is 6.33. The van der Waals surface area contributed by atoms with Crippen LogP contribution >= 0.6 is 0 Å². The Morgan fingerprint density at radius 2 is 2.20 bits per heavy atom. The number of aromatic nitrogens is 4.